The summed E-state index contributed by atoms with van der Waals surface area (Å²) < 4.78 is 0. The molecule has 1 N–H and O–H groups in total. The lowest BCUT2D eigenvalue weighted by atomic mass is 9.46. The lowest BCUT2D eigenvalue weighted by Crippen LogP contribution is -2.50. The number of hydrogen-bond acceptors (Lipinski definition) is 4. The Balaban J connectivity index is 1.86. The molecule has 0 bridgehead atoms. The van der Waals surface area contributed by atoms with E-state index < -0.39 is 0 Å². The first kappa shape index (κ1) is 20.6. The summed E-state index contributed by atoms with van der Waals surface area (Å²) >= 11 is 1.26. The van der Waals surface area contributed by atoms with Crippen molar-refractivity contribution in [2.24, 2.45) is 22.7 Å². The van der Waals surface area contributed by atoms with Gasteiger partial charge in [0, 0.05) is 17.4 Å². The molecular weight excluding hydrogens is 356 g/mol. The van der Waals surface area contributed by atoms with Crippen LogP contribution in [0.1, 0.15) is 59.8 Å². The molecule has 0 aliphatic heterocycles. The Hall–Kier alpha value is -1.13. The van der Waals surface area contributed by atoms with Crippen LogP contribution in [-0.2, 0) is 9.59 Å². The second-order valence-electron chi connectivity index (χ2n) is 9.04. The first-order valence-electron chi connectivity index (χ1n) is 10.1. The first-order chi connectivity index (χ1) is 12.7. The van der Waals surface area contributed by atoms with Gasteiger partial charge >= 0.3 is 0 Å². The number of carbonyl (C=O) groups is 2. The smallest absolute Gasteiger partial charge is 0.192 e. The van der Waals surface area contributed by atoms with Gasteiger partial charge in [0.15, 0.2) is 11.6 Å². The van der Waals surface area contributed by atoms with Crippen molar-refractivity contribution in [3.63, 3.8) is 0 Å². The summed E-state index contributed by atoms with van der Waals surface area (Å²) in [6, 6.07) is 0. The van der Waals surface area contributed by atoms with Gasteiger partial charge < -0.3 is 5.11 Å². The van der Waals surface area contributed by atoms with Crippen LogP contribution in [-0.4, -0.2) is 29.0 Å². The molecule has 3 nitrogen and oxygen atoms in total. The normalized spacial score (nSPS) is 36.7. The van der Waals surface area contributed by atoms with Gasteiger partial charge in [-0.1, -0.05) is 32.4 Å². The van der Waals surface area contributed by atoms with Crippen LogP contribution in [0.25, 0.3) is 0 Å². The highest BCUT2D eigenvalue weighted by Crippen LogP contribution is 2.62. The number of aliphatic hydroxyl groups excluding tert-OH is 1. The average molecular weight is 389 g/mol. The number of fused-ring (bicyclic) bond motifs is 1. The maximum Gasteiger partial charge on any atom is 0.192 e. The molecule has 0 spiro atoms. The standard InChI is InChI=1S/C23H32O3S/c1-15-6-5-7-21-22(15,3)9-8-16(2)23(21,4)14-17-12-19(26)20(13-18(17)25)27-11-10-24/h6,12-13,16,21,24H,5,7-11,14H2,1-4H3/t16-,21+,22+,23+/m0/s1. The molecule has 3 rings (SSSR count). The number of thioether (sulfide) groups is 1. The lowest BCUT2D eigenvalue weighted by molar-refractivity contribution is -0.115. The zero-order chi connectivity index (χ0) is 19.8. The van der Waals surface area contributed by atoms with E-state index in [-0.39, 0.29) is 29.0 Å². The van der Waals surface area contributed by atoms with Crippen molar-refractivity contribution in [3.05, 3.63) is 34.3 Å². The van der Waals surface area contributed by atoms with Gasteiger partial charge in [0.2, 0.25) is 0 Å². The zero-order valence-electron chi connectivity index (χ0n) is 17.0. The number of aliphatic hydroxyl groups is 1. The fourth-order valence-corrected chi connectivity index (χ4v) is 6.31. The van der Waals surface area contributed by atoms with Crippen molar-refractivity contribution in [1.82, 2.24) is 0 Å². The Morgan fingerprint density at radius 1 is 1.19 bits per heavy atom. The fourth-order valence-electron chi connectivity index (χ4n) is 5.61. The molecule has 4 heteroatoms. The maximum atomic E-state index is 12.8. The van der Waals surface area contributed by atoms with E-state index in [1.807, 2.05) is 0 Å². The fraction of sp³-hybridized carbons (Fsp3) is 0.652. The van der Waals surface area contributed by atoms with E-state index in [2.05, 4.69) is 33.8 Å². The Morgan fingerprint density at radius 2 is 1.93 bits per heavy atom. The average Bonchev–Trinajstić information content (AvgIpc) is 2.62. The van der Waals surface area contributed by atoms with Crippen molar-refractivity contribution < 1.29 is 14.7 Å². The second kappa shape index (κ2) is 7.71. The lowest BCUT2D eigenvalue weighted by Gasteiger charge is -2.58. The quantitative estimate of drug-likeness (QED) is 0.540. The minimum atomic E-state index is -0.0856. The van der Waals surface area contributed by atoms with Gasteiger partial charge in [-0.3, -0.25) is 9.59 Å². The molecule has 0 aromatic carbocycles. The molecule has 0 radical (unpaired) electrons. The van der Waals surface area contributed by atoms with Crippen LogP contribution in [0.5, 0.6) is 0 Å². The predicted octanol–water partition coefficient (Wildman–Crippen LogP) is 4.86. The topological polar surface area (TPSA) is 54.4 Å². The van der Waals surface area contributed by atoms with Crippen molar-refractivity contribution in [2.45, 2.75) is 59.8 Å². The second-order valence-corrected chi connectivity index (χ2v) is 10.2. The Labute approximate surface area is 167 Å². The van der Waals surface area contributed by atoms with Crippen LogP contribution in [0.2, 0.25) is 0 Å². The van der Waals surface area contributed by atoms with Gasteiger partial charge in [0.05, 0.1) is 11.5 Å². The molecule has 0 unspecified atom stereocenters. The number of allylic oxidation sites excluding steroid dienone is 6. The van der Waals surface area contributed by atoms with Crippen LogP contribution in [0.15, 0.2) is 34.3 Å². The third-order valence-corrected chi connectivity index (χ3v) is 8.66. The van der Waals surface area contributed by atoms with Crippen molar-refractivity contribution in [2.75, 3.05) is 12.4 Å². The van der Waals surface area contributed by atoms with Gasteiger partial charge in [0.25, 0.3) is 0 Å². The molecule has 0 saturated heterocycles. The molecule has 0 aromatic rings. The van der Waals surface area contributed by atoms with Crippen LogP contribution in [0.4, 0.5) is 0 Å². The van der Waals surface area contributed by atoms with Crippen LogP contribution in [0, 0.1) is 22.7 Å². The van der Waals surface area contributed by atoms with Crippen LogP contribution in [0.3, 0.4) is 0 Å². The summed E-state index contributed by atoms with van der Waals surface area (Å²) in [4.78, 5) is 25.7. The van der Waals surface area contributed by atoms with Crippen LogP contribution < -0.4 is 0 Å². The number of carbonyl (C=O) groups excluding carboxylic acids is 2. The molecule has 27 heavy (non-hydrogen) atoms. The monoisotopic (exact) mass is 388 g/mol. The molecule has 3 aliphatic rings. The maximum absolute atomic E-state index is 12.8. The SMILES string of the molecule is CC1=CCC[C@H]2[C@](C)(CC3=CC(=O)C(SCCO)=CC3=O)[C@@H](C)CC[C@]12C. The molecule has 0 amide bonds. The van der Waals surface area contributed by atoms with Gasteiger partial charge in [0.1, 0.15) is 0 Å². The van der Waals surface area contributed by atoms with Crippen molar-refractivity contribution in [3.8, 4) is 0 Å². The summed E-state index contributed by atoms with van der Waals surface area (Å²) in [5, 5.41) is 8.97. The summed E-state index contributed by atoms with van der Waals surface area (Å²) in [6.45, 7) is 9.34. The third kappa shape index (κ3) is 3.63. The van der Waals surface area contributed by atoms with E-state index in [0.717, 1.165) is 19.3 Å². The highest BCUT2D eigenvalue weighted by Gasteiger charge is 2.53. The molecule has 3 aliphatic carbocycles. The first-order valence-corrected chi connectivity index (χ1v) is 11.1. The van der Waals surface area contributed by atoms with E-state index in [9.17, 15) is 9.59 Å². The van der Waals surface area contributed by atoms with Crippen molar-refractivity contribution >= 4 is 23.3 Å². The largest absolute Gasteiger partial charge is 0.396 e. The van der Waals surface area contributed by atoms with Crippen LogP contribution >= 0.6 is 11.8 Å². The summed E-state index contributed by atoms with van der Waals surface area (Å²) in [6.07, 6.45) is 10.8. The number of rotatable bonds is 5. The summed E-state index contributed by atoms with van der Waals surface area (Å²) in [5.41, 5.74) is 2.40. The molecule has 4 atom stereocenters. The number of ketones is 2. The molecule has 1 fully saturated rings. The predicted molar refractivity (Wildman–Crippen MR) is 111 cm³/mol. The summed E-state index contributed by atoms with van der Waals surface area (Å²) in [7, 11) is 0. The van der Waals surface area contributed by atoms with E-state index in [0.29, 0.717) is 34.5 Å². The minimum Gasteiger partial charge on any atom is -0.396 e. The number of hydrogen-bond donors (Lipinski definition) is 1. The Bertz CT molecular complexity index is 732. The van der Waals surface area contributed by atoms with E-state index in [1.165, 1.54) is 29.8 Å². The molecule has 0 heterocycles. The highest BCUT2D eigenvalue weighted by atomic mass is 32.2. The third-order valence-electron chi connectivity index (χ3n) is 7.64. The summed E-state index contributed by atoms with van der Waals surface area (Å²) in [5.74, 6) is 1.39. The van der Waals surface area contributed by atoms with Gasteiger partial charge in [-0.2, -0.15) is 0 Å². The zero-order valence-corrected chi connectivity index (χ0v) is 17.8. The Morgan fingerprint density at radius 3 is 2.63 bits per heavy atom. The van der Waals surface area contributed by atoms with Gasteiger partial charge in [-0.05, 0) is 67.8 Å². The van der Waals surface area contributed by atoms with E-state index >= 15 is 0 Å². The van der Waals surface area contributed by atoms with Gasteiger partial charge in [-0.15, -0.1) is 11.8 Å². The molecule has 0 aromatic heterocycles. The van der Waals surface area contributed by atoms with Crippen molar-refractivity contribution in [1.29, 1.82) is 0 Å². The van der Waals surface area contributed by atoms with E-state index in [1.54, 1.807) is 6.08 Å². The molecule has 148 valence electrons. The molecular formula is C23H32O3S. The highest BCUT2D eigenvalue weighted by molar-refractivity contribution is 8.04. The Kier molecular flexibility index (Phi) is 5.88. The van der Waals surface area contributed by atoms with E-state index in [4.69, 9.17) is 5.11 Å². The van der Waals surface area contributed by atoms with Gasteiger partial charge in [-0.25, -0.2) is 0 Å². The molecule has 1 saturated carbocycles. The minimum absolute atomic E-state index is 0.00274.